The van der Waals surface area contributed by atoms with Gasteiger partial charge in [0.25, 0.3) is 0 Å². The van der Waals surface area contributed by atoms with E-state index in [9.17, 15) is 4.79 Å². The standard InChI is InChI=1S/C18H15N5OS2/c1-12-7-8-14-15(9-12)26-18(20-14)21-16(24)10-25-17-19-11-23(22-17)13-5-3-2-4-6-13/h2-9,11H,10H2,1H3,(H,20,21,24). The third-order valence-electron chi connectivity index (χ3n) is 3.61. The molecule has 26 heavy (non-hydrogen) atoms. The van der Waals surface area contributed by atoms with E-state index in [2.05, 4.69) is 26.4 Å². The third kappa shape index (κ3) is 3.76. The van der Waals surface area contributed by atoms with Crippen LogP contribution in [0.3, 0.4) is 0 Å². The van der Waals surface area contributed by atoms with Gasteiger partial charge in [0.15, 0.2) is 5.13 Å². The summed E-state index contributed by atoms with van der Waals surface area (Å²) in [6, 6.07) is 15.8. The lowest BCUT2D eigenvalue weighted by Crippen LogP contribution is -2.13. The number of carbonyl (C=O) groups excluding carboxylic acids is 1. The van der Waals surface area contributed by atoms with Crippen LogP contribution in [0.4, 0.5) is 5.13 Å². The van der Waals surface area contributed by atoms with Crippen LogP contribution in [0.25, 0.3) is 15.9 Å². The number of carbonyl (C=O) groups is 1. The van der Waals surface area contributed by atoms with Crippen LogP contribution in [0.1, 0.15) is 5.56 Å². The van der Waals surface area contributed by atoms with E-state index < -0.39 is 0 Å². The Balaban J connectivity index is 1.37. The third-order valence-corrected chi connectivity index (χ3v) is 5.40. The molecule has 130 valence electrons. The molecule has 0 saturated heterocycles. The Morgan fingerprint density at radius 2 is 2.08 bits per heavy atom. The Bertz CT molecular complexity index is 1060. The number of hydrogen-bond donors (Lipinski definition) is 1. The summed E-state index contributed by atoms with van der Waals surface area (Å²) < 4.78 is 2.76. The number of aromatic nitrogens is 4. The van der Waals surface area contributed by atoms with Crippen molar-refractivity contribution in [2.45, 2.75) is 12.1 Å². The van der Waals surface area contributed by atoms with Crippen molar-refractivity contribution < 1.29 is 4.79 Å². The van der Waals surface area contributed by atoms with Crippen LogP contribution < -0.4 is 5.32 Å². The van der Waals surface area contributed by atoms with Gasteiger partial charge in [-0.2, -0.15) is 0 Å². The Morgan fingerprint density at radius 3 is 2.92 bits per heavy atom. The first-order valence-electron chi connectivity index (χ1n) is 7.94. The molecule has 2 heterocycles. The van der Waals surface area contributed by atoms with Gasteiger partial charge in [-0.15, -0.1) is 5.10 Å². The zero-order valence-corrected chi connectivity index (χ0v) is 15.5. The molecule has 0 radical (unpaired) electrons. The van der Waals surface area contributed by atoms with Gasteiger partial charge in [-0.3, -0.25) is 4.79 Å². The molecule has 0 unspecified atom stereocenters. The van der Waals surface area contributed by atoms with Gasteiger partial charge in [0.05, 0.1) is 21.7 Å². The average Bonchev–Trinajstić information content (AvgIpc) is 3.27. The number of para-hydroxylation sites is 1. The lowest BCUT2D eigenvalue weighted by molar-refractivity contribution is -0.113. The van der Waals surface area contributed by atoms with Gasteiger partial charge >= 0.3 is 0 Å². The summed E-state index contributed by atoms with van der Waals surface area (Å²) in [5.41, 5.74) is 3.00. The lowest BCUT2D eigenvalue weighted by Gasteiger charge is -1.99. The van der Waals surface area contributed by atoms with Crippen molar-refractivity contribution in [1.29, 1.82) is 0 Å². The molecular weight excluding hydrogens is 366 g/mol. The molecule has 2 aromatic carbocycles. The molecule has 0 bridgehead atoms. The molecule has 8 heteroatoms. The van der Waals surface area contributed by atoms with E-state index in [0.717, 1.165) is 15.9 Å². The number of thioether (sulfide) groups is 1. The van der Waals surface area contributed by atoms with E-state index in [1.165, 1.54) is 28.7 Å². The number of thiazole rings is 1. The Morgan fingerprint density at radius 1 is 1.23 bits per heavy atom. The van der Waals surface area contributed by atoms with Crippen molar-refractivity contribution in [1.82, 2.24) is 19.7 Å². The van der Waals surface area contributed by atoms with E-state index in [4.69, 9.17) is 0 Å². The second-order valence-electron chi connectivity index (χ2n) is 5.63. The SMILES string of the molecule is Cc1ccc2nc(NC(=O)CSc3ncn(-c4ccccc4)n3)sc2c1. The van der Waals surface area contributed by atoms with Crippen LogP contribution in [0, 0.1) is 6.92 Å². The predicted molar refractivity (Wildman–Crippen MR) is 105 cm³/mol. The first-order chi connectivity index (χ1) is 12.7. The summed E-state index contributed by atoms with van der Waals surface area (Å²) in [7, 11) is 0. The van der Waals surface area contributed by atoms with Crippen LogP contribution in [-0.4, -0.2) is 31.4 Å². The first-order valence-corrected chi connectivity index (χ1v) is 9.74. The molecule has 0 spiro atoms. The second-order valence-corrected chi connectivity index (χ2v) is 7.61. The van der Waals surface area contributed by atoms with Crippen molar-refractivity contribution in [2.75, 3.05) is 11.1 Å². The maximum atomic E-state index is 12.2. The molecule has 2 aromatic heterocycles. The topological polar surface area (TPSA) is 72.7 Å². The summed E-state index contributed by atoms with van der Waals surface area (Å²) >= 11 is 2.77. The smallest absolute Gasteiger partial charge is 0.236 e. The zero-order valence-electron chi connectivity index (χ0n) is 13.9. The number of aryl methyl sites for hydroxylation is 1. The van der Waals surface area contributed by atoms with Crippen LogP contribution >= 0.6 is 23.1 Å². The molecular formula is C18H15N5OS2. The minimum atomic E-state index is -0.123. The van der Waals surface area contributed by atoms with Crippen molar-refractivity contribution in [3.05, 3.63) is 60.4 Å². The average molecular weight is 381 g/mol. The maximum Gasteiger partial charge on any atom is 0.236 e. The molecule has 0 fully saturated rings. The predicted octanol–water partition coefficient (Wildman–Crippen LogP) is 3.92. The minimum Gasteiger partial charge on any atom is -0.301 e. The van der Waals surface area contributed by atoms with Gasteiger partial charge in [-0.05, 0) is 36.8 Å². The fourth-order valence-electron chi connectivity index (χ4n) is 2.39. The summed E-state index contributed by atoms with van der Waals surface area (Å²) in [4.78, 5) is 20.9. The quantitative estimate of drug-likeness (QED) is 0.531. The largest absolute Gasteiger partial charge is 0.301 e. The number of fused-ring (bicyclic) bond motifs is 1. The van der Waals surface area contributed by atoms with Crippen LogP contribution in [0.5, 0.6) is 0 Å². The summed E-state index contributed by atoms with van der Waals surface area (Å²) in [5.74, 6) is 0.107. The van der Waals surface area contributed by atoms with Gasteiger partial charge < -0.3 is 5.32 Å². The van der Waals surface area contributed by atoms with Gasteiger partial charge in [0, 0.05) is 0 Å². The molecule has 1 amide bonds. The minimum absolute atomic E-state index is 0.123. The van der Waals surface area contributed by atoms with E-state index in [-0.39, 0.29) is 11.7 Å². The van der Waals surface area contributed by atoms with Crippen LogP contribution in [0.2, 0.25) is 0 Å². The van der Waals surface area contributed by atoms with E-state index in [1.54, 1.807) is 11.0 Å². The van der Waals surface area contributed by atoms with Gasteiger partial charge in [-0.1, -0.05) is 47.4 Å². The van der Waals surface area contributed by atoms with E-state index >= 15 is 0 Å². The van der Waals surface area contributed by atoms with Gasteiger partial charge in [0.2, 0.25) is 11.1 Å². The Hall–Kier alpha value is -2.71. The lowest BCUT2D eigenvalue weighted by atomic mass is 10.2. The Kier molecular flexibility index (Phi) is 4.68. The van der Waals surface area contributed by atoms with Gasteiger partial charge in [-0.25, -0.2) is 14.6 Å². The molecule has 6 nitrogen and oxygen atoms in total. The number of benzene rings is 2. The van der Waals surface area contributed by atoms with Crippen LogP contribution in [0.15, 0.2) is 60.0 Å². The number of anilines is 1. The molecule has 0 aliphatic heterocycles. The maximum absolute atomic E-state index is 12.2. The Labute approximate surface area is 158 Å². The highest BCUT2D eigenvalue weighted by atomic mass is 32.2. The van der Waals surface area contributed by atoms with Crippen molar-refractivity contribution in [3.8, 4) is 5.69 Å². The molecule has 0 aliphatic rings. The molecule has 4 aromatic rings. The van der Waals surface area contributed by atoms with Crippen molar-refractivity contribution in [2.24, 2.45) is 0 Å². The highest BCUT2D eigenvalue weighted by Gasteiger charge is 2.10. The fraction of sp³-hybridized carbons (Fsp3) is 0.111. The zero-order chi connectivity index (χ0) is 17.9. The van der Waals surface area contributed by atoms with E-state index in [1.807, 2.05) is 49.4 Å². The van der Waals surface area contributed by atoms with E-state index in [0.29, 0.717) is 10.3 Å². The first kappa shape index (κ1) is 16.7. The highest BCUT2D eigenvalue weighted by molar-refractivity contribution is 7.99. The van der Waals surface area contributed by atoms with Crippen LogP contribution in [-0.2, 0) is 4.79 Å². The van der Waals surface area contributed by atoms with Crippen molar-refractivity contribution >= 4 is 44.4 Å². The number of nitrogens with one attached hydrogen (secondary N) is 1. The molecule has 0 saturated carbocycles. The molecule has 0 atom stereocenters. The number of rotatable bonds is 5. The molecule has 1 N–H and O–H groups in total. The summed E-state index contributed by atoms with van der Waals surface area (Å²) in [6.45, 7) is 2.04. The summed E-state index contributed by atoms with van der Waals surface area (Å²) in [5, 5.41) is 8.39. The highest BCUT2D eigenvalue weighted by Crippen LogP contribution is 2.27. The van der Waals surface area contributed by atoms with Gasteiger partial charge in [0.1, 0.15) is 6.33 Å². The number of nitrogens with zero attached hydrogens (tertiary/aromatic N) is 4. The van der Waals surface area contributed by atoms with Crippen molar-refractivity contribution in [3.63, 3.8) is 0 Å². The normalized spacial score (nSPS) is 11.0. The molecule has 4 rings (SSSR count). The monoisotopic (exact) mass is 381 g/mol. The number of hydrogen-bond acceptors (Lipinski definition) is 6. The fourth-order valence-corrected chi connectivity index (χ4v) is 3.97. The second kappa shape index (κ2) is 7.27. The molecule has 0 aliphatic carbocycles. The summed E-state index contributed by atoms with van der Waals surface area (Å²) in [6.07, 6.45) is 1.64. The number of amides is 1.